The van der Waals surface area contributed by atoms with Crippen LogP contribution in [0.25, 0.3) is 0 Å². The minimum Gasteiger partial charge on any atom is -0.480 e. The van der Waals surface area contributed by atoms with Crippen molar-refractivity contribution >= 4 is 16.0 Å². The normalized spacial score (nSPS) is 16.6. The van der Waals surface area contributed by atoms with Gasteiger partial charge in [0.15, 0.2) is 0 Å². The summed E-state index contributed by atoms with van der Waals surface area (Å²) in [4.78, 5) is 11.6. The zero-order valence-electron chi connectivity index (χ0n) is 14.3. The molecule has 1 fully saturated rings. The molecule has 0 bridgehead atoms. The van der Waals surface area contributed by atoms with E-state index in [1.807, 2.05) is 0 Å². The lowest BCUT2D eigenvalue weighted by molar-refractivity contribution is -0.145. The second-order valence-electron chi connectivity index (χ2n) is 6.27. The highest BCUT2D eigenvalue weighted by molar-refractivity contribution is 7.89. The standard InChI is InChI=1S/C18H19FN2O5S/c19-13-1-3-14(4-2-13)26-15-5-7-16(8-6-15)27(24,25)21-18(17(22)23)9-11-20-12-10-18/h1-8,20-21H,9-12H2,(H,22,23). The largest absolute Gasteiger partial charge is 0.480 e. The number of carboxylic acids is 1. The first-order valence-corrected chi connectivity index (χ1v) is 9.81. The molecule has 0 amide bonds. The number of ether oxygens (including phenoxy) is 1. The molecule has 7 nitrogen and oxygen atoms in total. The molecule has 0 aromatic heterocycles. The van der Waals surface area contributed by atoms with Gasteiger partial charge in [0, 0.05) is 0 Å². The van der Waals surface area contributed by atoms with E-state index < -0.39 is 21.5 Å². The molecular formula is C18H19FN2O5S. The molecule has 0 aliphatic carbocycles. The number of piperidine rings is 1. The summed E-state index contributed by atoms with van der Waals surface area (Å²) in [7, 11) is -4.02. The predicted molar refractivity (Wildman–Crippen MR) is 95.7 cm³/mol. The third kappa shape index (κ3) is 4.44. The van der Waals surface area contributed by atoms with Crippen LogP contribution in [0, 0.1) is 5.82 Å². The fraction of sp³-hybridized carbons (Fsp3) is 0.278. The summed E-state index contributed by atoms with van der Waals surface area (Å²) in [5, 5.41) is 12.5. The van der Waals surface area contributed by atoms with E-state index in [-0.39, 0.29) is 23.6 Å². The number of nitrogens with one attached hydrogen (secondary N) is 2. The van der Waals surface area contributed by atoms with Crippen molar-refractivity contribution in [3.05, 3.63) is 54.3 Å². The molecule has 0 unspecified atom stereocenters. The van der Waals surface area contributed by atoms with Crippen molar-refractivity contribution in [2.24, 2.45) is 0 Å². The Morgan fingerprint density at radius 3 is 2.07 bits per heavy atom. The van der Waals surface area contributed by atoms with Gasteiger partial charge in [0.1, 0.15) is 22.9 Å². The summed E-state index contributed by atoms with van der Waals surface area (Å²) in [5.41, 5.74) is -1.52. The molecule has 1 saturated heterocycles. The van der Waals surface area contributed by atoms with Gasteiger partial charge in [-0.05, 0) is 74.5 Å². The first kappa shape index (κ1) is 19.3. The predicted octanol–water partition coefficient (Wildman–Crippen LogP) is 2.10. The quantitative estimate of drug-likeness (QED) is 0.693. The number of carboxylic acid groups (broad SMARTS) is 1. The number of halogens is 1. The van der Waals surface area contributed by atoms with Gasteiger partial charge in [0.2, 0.25) is 10.0 Å². The molecule has 2 aromatic carbocycles. The van der Waals surface area contributed by atoms with Crippen LogP contribution < -0.4 is 14.8 Å². The average Bonchev–Trinajstić information content (AvgIpc) is 2.64. The maximum Gasteiger partial charge on any atom is 0.324 e. The van der Waals surface area contributed by atoms with Gasteiger partial charge >= 0.3 is 5.97 Å². The van der Waals surface area contributed by atoms with Crippen molar-refractivity contribution in [2.45, 2.75) is 23.3 Å². The van der Waals surface area contributed by atoms with E-state index in [1.54, 1.807) is 0 Å². The third-order valence-corrected chi connectivity index (χ3v) is 5.93. The number of hydrogen-bond donors (Lipinski definition) is 3. The van der Waals surface area contributed by atoms with Gasteiger partial charge in [-0.1, -0.05) is 0 Å². The van der Waals surface area contributed by atoms with Crippen molar-refractivity contribution in [3.8, 4) is 11.5 Å². The summed E-state index contributed by atoms with van der Waals surface area (Å²) in [6, 6.07) is 11.0. The maximum absolute atomic E-state index is 12.9. The van der Waals surface area contributed by atoms with Crippen molar-refractivity contribution < 1.29 is 27.4 Å². The number of aliphatic carboxylic acids is 1. The Kier molecular flexibility index (Phi) is 5.45. The Hall–Kier alpha value is -2.49. The highest BCUT2D eigenvalue weighted by Gasteiger charge is 2.43. The number of sulfonamides is 1. The van der Waals surface area contributed by atoms with Crippen LogP contribution in [-0.4, -0.2) is 38.1 Å². The van der Waals surface area contributed by atoms with E-state index in [0.717, 1.165) is 0 Å². The van der Waals surface area contributed by atoms with Gasteiger partial charge in [0.05, 0.1) is 4.90 Å². The zero-order chi connectivity index (χ0) is 19.5. The lowest BCUT2D eigenvalue weighted by Crippen LogP contribution is -2.59. The van der Waals surface area contributed by atoms with Crippen LogP contribution in [0.15, 0.2) is 53.4 Å². The fourth-order valence-corrected chi connectivity index (χ4v) is 4.27. The van der Waals surface area contributed by atoms with Crippen molar-refractivity contribution in [2.75, 3.05) is 13.1 Å². The Bertz CT molecular complexity index is 908. The summed E-state index contributed by atoms with van der Waals surface area (Å²) in [5.74, 6) is -0.802. The van der Waals surface area contributed by atoms with Gasteiger partial charge in [-0.15, -0.1) is 0 Å². The van der Waals surface area contributed by atoms with Gasteiger partial charge < -0.3 is 15.2 Å². The van der Waals surface area contributed by atoms with E-state index in [2.05, 4.69) is 10.0 Å². The fourth-order valence-electron chi connectivity index (χ4n) is 2.85. The van der Waals surface area contributed by atoms with Crippen LogP contribution in [0.1, 0.15) is 12.8 Å². The first-order valence-electron chi connectivity index (χ1n) is 8.32. The van der Waals surface area contributed by atoms with Gasteiger partial charge in [-0.3, -0.25) is 4.79 Å². The molecule has 9 heteroatoms. The van der Waals surface area contributed by atoms with E-state index in [4.69, 9.17) is 4.74 Å². The maximum atomic E-state index is 12.9. The van der Waals surface area contributed by atoms with Gasteiger partial charge in [0.25, 0.3) is 0 Å². The second kappa shape index (κ2) is 7.63. The van der Waals surface area contributed by atoms with E-state index in [1.165, 1.54) is 48.5 Å². The summed E-state index contributed by atoms with van der Waals surface area (Å²) in [6.45, 7) is 0.832. The van der Waals surface area contributed by atoms with Crippen LogP contribution in [0.4, 0.5) is 4.39 Å². The minimum atomic E-state index is -4.02. The Morgan fingerprint density at radius 2 is 1.56 bits per heavy atom. The molecule has 2 aromatic rings. The zero-order valence-corrected chi connectivity index (χ0v) is 15.1. The van der Waals surface area contributed by atoms with Crippen molar-refractivity contribution in [1.82, 2.24) is 10.0 Å². The minimum absolute atomic E-state index is 0.0619. The highest BCUT2D eigenvalue weighted by atomic mass is 32.2. The molecule has 27 heavy (non-hydrogen) atoms. The van der Waals surface area contributed by atoms with E-state index in [9.17, 15) is 22.7 Å². The SMILES string of the molecule is O=C(O)C1(NS(=O)(=O)c2ccc(Oc3ccc(F)cc3)cc2)CCNCC1. The van der Waals surface area contributed by atoms with Crippen LogP contribution in [0.2, 0.25) is 0 Å². The van der Waals surface area contributed by atoms with Crippen molar-refractivity contribution in [1.29, 1.82) is 0 Å². The highest BCUT2D eigenvalue weighted by Crippen LogP contribution is 2.25. The molecular weight excluding hydrogens is 375 g/mol. The van der Waals surface area contributed by atoms with Crippen LogP contribution in [0.3, 0.4) is 0 Å². The van der Waals surface area contributed by atoms with Crippen LogP contribution in [-0.2, 0) is 14.8 Å². The molecule has 3 rings (SSSR count). The monoisotopic (exact) mass is 394 g/mol. The summed E-state index contributed by atoms with van der Waals surface area (Å²) < 4.78 is 46.1. The summed E-state index contributed by atoms with van der Waals surface area (Å²) >= 11 is 0. The molecule has 3 N–H and O–H groups in total. The van der Waals surface area contributed by atoms with Crippen LogP contribution in [0.5, 0.6) is 11.5 Å². The van der Waals surface area contributed by atoms with Gasteiger partial charge in [-0.25, -0.2) is 12.8 Å². The molecule has 1 aliphatic rings. The van der Waals surface area contributed by atoms with E-state index in [0.29, 0.717) is 24.6 Å². The number of carbonyl (C=O) groups is 1. The number of rotatable bonds is 6. The topological polar surface area (TPSA) is 105 Å². The number of hydrogen-bond acceptors (Lipinski definition) is 5. The van der Waals surface area contributed by atoms with E-state index >= 15 is 0 Å². The summed E-state index contributed by atoms with van der Waals surface area (Å²) in [6.07, 6.45) is 0.320. The lowest BCUT2D eigenvalue weighted by Gasteiger charge is -2.33. The Balaban J connectivity index is 1.76. The molecule has 1 aliphatic heterocycles. The third-order valence-electron chi connectivity index (χ3n) is 4.38. The molecule has 144 valence electrons. The Morgan fingerprint density at radius 1 is 1.04 bits per heavy atom. The average molecular weight is 394 g/mol. The molecule has 0 atom stereocenters. The first-order chi connectivity index (χ1) is 12.8. The lowest BCUT2D eigenvalue weighted by atomic mass is 9.90. The smallest absolute Gasteiger partial charge is 0.324 e. The molecule has 0 spiro atoms. The molecule has 0 radical (unpaired) electrons. The van der Waals surface area contributed by atoms with Crippen molar-refractivity contribution in [3.63, 3.8) is 0 Å². The number of benzene rings is 2. The van der Waals surface area contributed by atoms with Crippen LogP contribution >= 0.6 is 0 Å². The molecule has 0 saturated carbocycles. The van der Waals surface area contributed by atoms with Gasteiger partial charge in [-0.2, -0.15) is 4.72 Å². The Labute approximate surface area is 156 Å². The molecule has 1 heterocycles. The second-order valence-corrected chi connectivity index (χ2v) is 7.95.